The van der Waals surface area contributed by atoms with E-state index >= 15 is 0 Å². The monoisotopic (exact) mass is 287 g/mol. The average molecular weight is 288 g/mol. The van der Waals surface area contributed by atoms with Crippen molar-refractivity contribution in [2.45, 2.75) is 19.3 Å². The van der Waals surface area contributed by atoms with Crippen LogP contribution in [0.25, 0.3) is 10.8 Å². The fraction of sp³-hybridized carbons (Fsp3) is 0.250. The molecule has 0 saturated carbocycles. The highest BCUT2D eigenvalue weighted by molar-refractivity contribution is 6.26. The Balaban J connectivity index is 2.18. The minimum atomic E-state index is -0.314. The highest BCUT2D eigenvalue weighted by Crippen LogP contribution is 2.29. The molecular formula is C16H14ClNO2. The van der Waals surface area contributed by atoms with Crippen LogP contribution >= 0.6 is 11.6 Å². The first-order chi connectivity index (χ1) is 9.72. The number of carbonyl (C=O) groups is 2. The van der Waals surface area contributed by atoms with Crippen molar-refractivity contribution in [2.75, 3.05) is 5.88 Å². The zero-order valence-corrected chi connectivity index (χ0v) is 11.7. The van der Waals surface area contributed by atoms with Crippen molar-refractivity contribution in [3.05, 3.63) is 47.0 Å². The number of hydrogen-bond donors (Lipinski definition) is 1. The van der Waals surface area contributed by atoms with Gasteiger partial charge in [-0.1, -0.05) is 24.3 Å². The van der Waals surface area contributed by atoms with Crippen LogP contribution in [0, 0.1) is 0 Å². The van der Waals surface area contributed by atoms with Crippen molar-refractivity contribution in [1.82, 2.24) is 5.32 Å². The maximum absolute atomic E-state index is 12.2. The number of benzene rings is 2. The van der Waals surface area contributed by atoms with Crippen molar-refractivity contribution in [3.8, 4) is 0 Å². The molecule has 20 heavy (non-hydrogen) atoms. The van der Waals surface area contributed by atoms with Gasteiger partial charge in [-0.15, -0.1) is 11.6 Å². The predicted molar refractivity (Wildman–Crippen MR) is 79.4 cm³/mol. The fourth-order valence-corrected chi connectivity index (χ4v) is 2.91. The molecule has 3 rings (SSSR count). The van der Waals surface area contributed by atoms with Crippen molar-refractivity contribution in [1.29, 1.82) is 0 Å². The Morgan fingerprint density at radius 3 is 2.65 bits per heavy atom. The minimum Gasteiger partial charge on any atom is -0.288 e. The summed E-state index contributed by atoms with van der Waals surface area (Å²) in [5.74, 6) is 0.0185. The molecule has 0 bridgehead atoms. The van der Waals surface area contributed by atoms with E-state index in [2.05, 4.69) is 5.32 Å². The zero-order chi connectivity index (χ0) is 14.1. The van der Waals surface area contributed by atoms with E-state index in [0.717, 1.165) is 35.6 Å². The van der Waals surface area contributed by atoms with Crippen molar-refractivity contribution in [2.24, 2.45) is 0 Å². The van der Waals surface area contributed by atoms with E-state index in [0.29, 0.717) is 17.0 Å². The molecule has 4 heteroatoms. The Bertz CT molecular complexity index is 709. The third-order valence-corrected chi connectivity index (χ3v) is 3.93. The number of imide groups is 1. The molecular weight excluding hydrogens is 274 g/mol. The number of hydrogen-bond acceptors (Lipinski definition) is 2. The third-order valence-electron chi connectivity index (χ3n) is 3.66. The summed E-state index contributed by atoms with van der Waals surface area (Å²) >= 11 is 5.70. The third kappa shape index (κ3) is 2.08. The van der Waals surface area contributed by atoms with Gasteiger partial charge in [-0.2, -0.15) is 0 Å². The zero-order valence-electron chi connectivity index (χ0n) is 10.9. The Kier molecular flexibility index (Phi) is 3.45. The van der Waals surface area contributed by atoms with Crippen LogP contribution in [0.3, 0.4) is 0 Å². The second-order valence-corrected chi connectivity index (χ2v) is 5.31. The van der Waals surface area contributed by atoms with E-state index in [1.807, 2.05) is 24.3 Å². The van der Waals surface area contributed by atoms with Gasteiger partial charge < -0.3 is 0 Å². The summed E-state index contributed by atoms with van der Waals surface area (Å²) in [5, 5.41) is 4.14. The highest BCUT2D eigenvalue weighted by atomic mass is 35.5. The van der Waals surface area contributed by atoms with E-state index in [9.17, 15) is 9.59 Å². The normalized spacial score (nSPS) is 13.7. The van der Waals surface area contributed by atoms with Crippen LogP contribution < -0.4 is 5.32 Å². The first kappa shape index (κ1) is 13.1. The predicted octanol–water partition coefficient (Wildman–Crippen LogP) is 3.28. The van der Waals surface area contributed by atoms with E-state index in [-0.39, 0.29) is 11.8 Å². The Labute approximate surface area is 121 Å². The Morgan fingerprint density at radius 2 is 1.85 bits per heavy atom. The van der Waals surface area contributed by atoms with Crippen LogP contribution in [0.4, 0.5) is 0 Å². The van der Waals surface area contributed by atoms with Crippen molar-refractivity contribution < 1.29 is 9.59 Å². The lowest BCUT2D eigenvalue weighted by Crippen LogP contribution is -2.35. The van der Waals surface area contributed by atoms with Crippen molar-refractivity contribution >= 4 is 34.2 Å². The molecule has 1 aliphatic heterocycles. The van der Waals surface area contributed by atoms with Gasteiger partial charge in [0.2, 0.25) is 0 Å². The second-order valence-electron chi connectivity index (χ2n) is 4.93. The Hall–Kier alpha value is -1.87. The van der Waals surface area contributed by atoms with Crippen LogP contribution in [-0.2, 0) is 6.42 Å². The highest BCUT2D eigenvalue weighted by Gasteiger charge is 2.26. The van der Waals surface area contributed by atoms with Crippen LogP contribution in [0.1, 0.15) is 39.1 Å². The molecule has 0 saturated heterocycles. The molecule has 0 radical (unpaired) electrons. The molecule has 0 fully saturated rings. The lowest BCUT2D eigenvalue weighted by molar-refractivity contribution is 0.0844. The molecule has 1 aliphatic rings. The molecule has 3 nitrogen and oxygen atoms in total. The molecule has 0 unspecified atom stereocenters. The summed E-state index contributed by atoms with van der Waals surface area (Å²) in [6.07, 6.45) is 2.65. The van der Waals surface area contributed by atoms with Crippen molar-refractivity contribution in [3.63, 3.8) is 0 Å². The van der Waals surface area contributed by atoms with Crippen LogP contribution in [0.15, 0.2) is 30.3 Å². The number of nitrogens with one attached hydrogen (secondary N) is 1. The maximum Gasteiger partial charge on any atom is 0.259 e. The van der Waals surface area contributed by atoms with Gasteiger partial charge in [-0.3, -0.25) is 14.9 Å². The van der Waals surface area contributed by atoms with Crippen LogP contribution in [0.5, 0.6) is 0 Å². The van der Waals surface area contributed by atoms with Crippen LogP contribution in [-0.4, -0.2) is 17.7 Å². The first-order valence-electron chi connectivity index (χ1n) is 6.68. The first-order valence-corrected chi connectivity index (χ1v) is 7.22. The van der Waals surface area contributed by atoms with Gasteiger partial charge in [-0.25, -0.2) is 0 Å². The summed E-state index contributed by atoms with van der Waals surface area (Å²) in [6.45, 7) is 0. The SMILES string of the molecule is O=C1NC(=O)c2c(CCCCCl)ccc3cccc1c23. The number of alkyl halides is 1. The molecule has 1 N–H and O–H groups in total. The molecule has 0 aromatic heterocycles. The largest absolute Gasteiger partial charge is 0.288 e. The molecule has 1 heterocycles. The smallest absolute Gasteiger partial charge is 0.259 e. The van der Waals surface area contributed by atoms with Gasteiger partial charge in [0.05, 0.1) is 5.56 Å². The van der Waals surface area contributed by atoms with Gasteiger partial charge in [0.1, 0.15) is 0 Å². The summed E-state index contributed by atoms with van der Waals surface area (Å²) in [6, 6.07) is 9.48. The number of halogens is 1. The molecule has 102 valence electrons. The average Bonchev–Trinajstić information content (AvgIpc) is 2.45. The quantitative estimate of drug-likeness (QED) is 0.533. The van der Waals surface area contributed by atoms with Crippen LogP contribution in [0.2, 0.25) is 0 Å². The molecule has 2 aromatic rings. The molecule has 2 amide bonds. The number of amides is 2. The van der Waals surface area contributed by atoms with Gasteiger partial charge in [-0.05, 0) is 36.3 Å². The van der Waals surface area contributed by atoms with E-state index < -0.39 is 0 Å². The molecule has 0 atom stereocenters. The van der Waals surface area contributed by atoms with E-state index in [4.69, 9.17) is 11.6 Å². The number of aryl methyl sites for hydroxylation is 1. The van der Waals surface area contributed by atoms with E-state index in [1.165, 1.54) is 0 Å². The topological polar surface area (TPSA) is 46.2 Å². The summed E-state index contributed by atoms with van der Waals surface area (Å²) in [5.41, 5.74) is 2.21. The Morgan fingerprint density at radius 1 is 1.00 bits per heavy atom. The maximum atomic E-state index is 12.2. The minimum absolute atomic E-state index is 0.292. The summed E-state index contributed by atoms with van der Waals surface area (Å²) in [7, 11) is 0. The fourth-order valence-electron chi connectivity index (χ4n) is 2.72. The van der Waals surface area contributed by atoms with Gasteiger partial charge >= 0.3 is 0 Å². The van der Waals surface area contributed by atoms with Gasteiger partial charge in [0.25, 0.3) is 11.8 Å². The number of rotatable bonds is 4. The number of carbonyl (C=O) groups excluding carboxylic acids is 2. The molecule has 2 aromatic carbocycles. The lowest BCUT2D eigenvalue weighted by Gasteiger charge is -2.19. The molecule has 0 aliphatic carbocycles. The standard InChI is InChI=1S/C16H14ClNO2/c17-9-2-1-4-11-8-7-10-5-3-6-12-13(10)14(11)16(20)18-15(12)19/h3,5-8H,1-2,4,9H2,(H,18,19,20). The lowest BCUT2D eigenvalue weighted by atomic mass is 9.90. The summed E-state index contributed by atoms with van der Waals surface area (Å²) < 4.78 is 0. The summed E-state index contributed by atoms with van der Waals surface area (Å²) in [4.78, 5) is 24.1. The molecule has 0 spiro atoms. The van der Waals surface area contributed by atoms with Gasteiger partial charge in [0.15, 0.2) is 0 Å². The second kappa shape index (κ2) is 5.25. The van der Waals surface area contributed by atoms with E-state index in [1.54, 1.807) is 6.07 Å². The number of unbranched alkanes of at least 4 members (excludes halogenated alkanes) is 1. The van der Waals surface area contributed by atoms with Gasteiger partial charge in [0, 0.05) is 16.8 Å².